The van der Waals surface area contributed by atoms with Gasteiger partial charge in [-0.1, -0.05) is 0 Å². The Labute approximate surface area is 274 Å². The maximum absolute atomic E-state index is 12.8. The molecular weight excluding hydrogens is 602 g/mol. The Balaban J connectivity index is 1.15. The molecule has 0 radical (unpaired) electrons. The number of anilines is 4. The van der Waals surface area contributed by atoms with Crippen molar-refractivity contribution in [2.45, 2.75) is 37.9 Å². The zero-order chi connectivity index (χ0) is 32.9. The molecule has 14 nitrogen and oxygen atoms in total. The van der Waals surface area contributed by atoms with Gasteiger partial charge in [0.25, 0.3) is 5.91 Å². The van der Waals surface area contributed by atoms with Gasteiger partial charge in [-0.3, -0.25) is 4.79 Å². The van der Waals surface area contributed by atoms with Gasteiger partial charge in [-0.15, -0.1) is 0 Å². The second-order valence-corrected chi connectivity index (χ2v) is 12.4. The van der Waals surface area contributed by atoms with Crippen LogP contribution in [0.1, 0.15) is 30.1 Å². The SMILES string of the molecule is CC1COCCN1c1nc(-c2ccc(NC(=O)Nc3ccc(C(=O)N4CCN(C)CC4)cc3)cc2)nc(N2[C@H](CO)CC[C@@H]2CO)n1. The first-order valence-electron chi connectivity index (χ1n) is 16.2. The maximum atomic E-state index is 12.8. The van der Waals surface area contributed by atoms with E-state index in [0.717, 1.165) is 31.5 Å². The largest absolute Gasteiger partial charge is 0.394 e. The van der Waals surface area contributed by atoms with E-state index in [1.54, 1.807) is 36.4 Å². The number of amides is 3. The average molecular weight is 646 g/mol. The molecule has 1 unspecified atom stereocenters. The van der Waals surface area contributed by atoms with Crippen LogP contribution in [0.4, 0.5) is 28.1 Å². The molecule has 3 aromatic rings. The number of carbonyl (C=O) groups is 2. The van der Waals surface area contributed by atoms with Gasteiger partial charge >= 0.3 is 6.03 Å². The predicted molar refractivity (Wildman–Crippen MR) is 179 cm³/mol. The van der Waals surface area contributed by atoms with E-state index in [2.05, 4.69) is 27.4 Å². The van der Waals surface area contributed by atoms with Crippen molar-refractivity contribution in [3.05, 3.63) is 54.1 Å². The Morgan fingerprint density at radius 2 is 1.43 bits per heavy atom. The van der Waals surface area contributed by atoms with Crippen LogP contribution in [0.25, 0.3) is 11.4 Å². The lowest BCUT2D eigenvalue weighted by Gasteiger charge is -2.34. The van der Waals surface area contributed by atoms with Crippen LogP contribution in [-0.4, -0.2) is 131 Å². The van der Waals surface area contributed by atoms with Crippen LogP contribution < -0.4 is 20.4 Å². The summed E-state index contributed by atoms with van der Waals surface area (Å²) in [7, 11) is 2.05. The number of hydrogen-bond acceptors (Lipinski definition) is 11. The number of likely N-dealkylation sites (N-methyl/N-ethyl adjacent to an activating group) is 1. The first-order valence-corrected chi connectivity index (χ1v) is 16.2. The summed E-state index contributed by atoms with van der Waals surface area (Å²) in [6.45, 7) is 6.77. The van der Waals surface area contributed by atoms with Crippen molar-refractivity contribution in [2.75, 3.05) is 86.6 Å². The molecule has 3 atom stereocenters. The smallest absolute Gasteiger partial charge is 0.323 e. The van der Waals surface area contributed by atoms with Crippen LogP contribution >= 0.6 is 0 Å². The number of morpholine rings is 1. The number of urea groups is 1. The van der Waals surface area contributed by atoms with Gasteiger partial charge in [0.05, 0.1) is 44.6 Å². The number of aromatic nitrogens is 3. The van der Waals surface area contributed by atoms with Crippen molar-refractivity contribution in [1.29, 1.82) is 0 Å². The Morgan fingerprint density at radius 1 is 0.830 bits per heavy atom. The van der Waals surface area contributed by atoms with Crippen LogP contribution in [0.3, 0.4) is 0 Å². The fourth-order valence-electron chi connectivity index (χ4n) is 6.28. The first-order chi connectivity index (χ1) is 22.8. The zero-order valence-corrected chi connectivity index (χ0v) is 26.9. The molecule has 0 spiro atoms. The number of rotatable bonds is 8. The first kappa shape index (κ1) is 32.6. The van der Waals surface area contributed by atoms with Crippen molar-refractivity contribution >= 4 is 35.2 Å². The standard InChI is InChI=1S/C33H43N9O5/c1-22-21-47-18-17-41(22)31-36-29(37-32(38-31)42-27(19-43)11-12-28(42)20-44)23-3-7-25(8-4-23)34-33(46)35-26-9-5-24(6-10-26)30(45)40-15-13-39(2)14-16-40/h3-10,22,27-28,43-44H,11-21H2,1-2H3,(H2,34,35,46)/t22?,27-,28+. The minimum atomic E-state index is -0.416. The van der Waals surface area contributed by atoms with E-state index in [-0.39, 0.29) is 37.2 Å². The number of aliphatic hydroxyl groups excluding tert-OH is 2. The maximum Gasteiger partial charge on any atom is 0.323 e. The molecule has 4 N–H and O–H groups in total. The van der Waals surface area contributed by atoms with Gasteiger partial charge in [-0.2, -0.15) is 15.0 Å². The molecule has 14 heteroatoms. The van der Waals surface area contributed by atoms with E-state index in [9.17, 15) is 19.8 Å². The molecule has 0 bridgehead atoms. The van der Waals surface area contributed by atoms with E-state index >= 15 is 0 Å². The number of hydrogen-bond donors (Lipinski definition) is 4. The zero-order valence-electron chi connectivity index (χ0n) is 26.9. The lowest BCUT2D eigenvalue weighted by atomic mass is 10.1. The molecule has 0 aliphatic carbocycles. The predicted octanol–water partition coefficient (Wildman–Crippen LogP) is 2.12. The number of ether oxygens (including phenoxy) is 1. The molecular formula is C33H43N9O5. The number of piperazine rings is 1. The highest BCUT2D eigenvalue weighted by molar-refractivity contribution is 6.00. The lowest BCUT2D eigenvalue weighted by molar-refractivity contribution is 0.0664. The lowest BCUT2D eigenvalue weighted by Crippen LogP contribution is -2.47. The Bertz CT molecular complexity index is 1520. The highest BCUT2D eigenvalue weighted by Crippen LogP contribution is 2.31. The number of carbonyl (C=O) groups excluding carboxylic acids is 2. The summed E-state index contributed by atoms with van der Waals surface area (Å²) in [5, 5.41) is 25.8. The summed E-state index contributed by atoms with van der Waals surface area (Å²) in [5.41, 5.74) is 2.46. The minimum absolute atomic E-state index is 0.00655. The third-order valence-electron chi connectivity index (χ3n) is 9.09. The van der Waals surface area contributed by atoms with Crippen molar-refractivity contribution in [3.63, 3.8) is 0 Å². The monoisotopic (exact) mass is 645 g/mol. The van der Waals surface area contributed by atoms with Gasteiger partial charge in [0, 0.05) is 55.2 Å². The van der Waals surface area contributed by atoms with Crippen LogP contribution in [0.2, 0.25) is 0 Å². The Hall–Kier alpha value is -4.37. The third-order valence-corrected chi connectivity index (χ3v) is 9.09. The van der Waals surface area contributed by atoms with Crippen molar-refractivity contribution in [3.8, 4) is 11.4 Å². The number of aliphatic hydroxyl groups is 2. The van der Waals surface area contributed by atoms with Gasteiger partial charge in [0.15, 0.2) is 5.82 Å². The summed E-state index contributed by atoms with van der Waals surface area (Å²) in [6.07, 6.45) is 1.46. The quantitative estimate of drug-likeness (QED) is 0.284. The normalized spacial score (nSPS) is 22.0. The molecule has 3 amide bonds. The summed E-state index contributed by atoms with van der Waals surface area (Å²) in [6, 6.07) is 13.4. The van der Waals surface area contributed by atoms with Crippen molar-refractivity contribution in [1.82, 2.24) is 24.8 Å². The Morgan fingerprint density at radius 3 is 2.02 bits per heavy atom. The molecule has 6 rings (SSSR count). The Kier molecular flexibility index (Phi) is 10.1. The van der Waals surface area contributed by atoms with Crippen LogP contribution in [0.15, 0.2) is 48.5 Å². The van der Waals surface area contributed by atoms with Crippen LogP contribution in [0, 0.1) is 0 Å². The summed E-state index contributed by atoms with van der Waals surface area (Å²) in [5.74, 6) is 1.37. The van der Waals surface area contributed by atoms with E-state index < -0.39 is 6.03 Å². The molecule has 2 aromatic carbocycles. The van der Waals surface area contributed by atoms with E-state index in [1.165, 1.54) is 0 Å². The van der Waals surface area contributed by atoms with Gasteiger partial charge < -0.3 is 45.2 Å². The molecule has 3 fully saturated rings. The van der Waals surface area contributed by atoms with Crippen LogP contribution in [0.5, 0.6) is 0 Å². The molecule has 4 heterocycles. The molecule has 250 valence electrons. The highest BCUT2D eigenvalue weighted by Gasteiger charge is 2.36. The topological polar surface area (TPSA) is 160 Å². The molecule has 47 heavy (non-hydrogen) atoms. The van der Waals surface area contributed by atoms with E-state index in [4.69, 9.17) is 19.7 Å². The molecule has 0 saturated carbocycles. The van der Waals surface area contributed by atoms with Gasteiger partial charge in [0.2, 0.25) is 11.9 Å². The highest BCUT2D eigenvalue weighted by atomic mass is 16.5. The molecule has 3 saturated heterocycles. The third kappa shape index (κ3) is 7.46. The molecule has 3 aliphatic rings. The minimum Gasteiger partial charge on any atom is -0.394 e. The second kappa shape index (κ2) is 14.6. The summed E-state index contributed by atoms with van der Waals surface area (Å²) >= 11 is 0. The van der Waals surface area contributed by atoms with E-state index in [1.807, 2.05) is 29.0 Å². The van der Waals surface area contributed by atoms with Crippen LogP contribution in [-0.2, 0) is 4.74 Å². The second-order valence-electron chi connectivity index (χ2n) is 12.4. The van der Waals surface area contributed by atoms with E-state index in [0.29, 0.717) is 67.5 Å². The summed E-state index contributed by atoms with van der Waals surface area (Å²) < 4.78 is 5.62. The fraction of sp³-hybridized carbons (Fsp3) is 0.485. The summed E-state index contributed by atoms with van der Waals surface area (Å²) in [4.78, 5) is 48.1. The number of nitrogens with zero attached hydrogens (tertiary/aromatic N) is 7. The molecule has 3 aliphatic heterocycles. The number of benzene rings is 2. The van der Waals surface area contributed by atoms with Gasteiger partial charge in [-0.05, 0) is 75.3 Å². The molecule has 1 aromatic heterocycles. The van der Waals surface area contributed by atoms with Crippen molar-refractivity contribution in [2.24, 2.45) is 0 Å². The fourth-order valence-corrected chi connectivity index (χ4v) is 6.28. The number of nitrogens with one attached hydrogen (secondary N) is 2. The van der Waals surface area contributed by atoms with Gasteiger partial charge in [0.1, 0.15) is 0 Å². The van der Waals surface area contributed by atoms with Gasteiger partial charge in [-0.25, -0.2) is 4.79 Å². The van der Waals surface area contributed by atoms with Crippen molar-refractivity contribution < 1.29 is 24.5 Å². The average Bonchev–Trinajstić information content (AvgIpc) is 3.52.